The van der Waals surface area contributed by atoms with Crippen LogP contribution >= 0.6 is 0 Å². The minimum atomic E-state index is -0.669. The van der Waals surface area contributed by atoms with Crippen LogP contribution in [-0.4, -0.2) is 25.5 Å². The second-order valence-corrected chi connectivity index (χ2v) is 4.97. The lowest BCUT2D eigenvalue weighted by molar-refractivity contribution is -0.385. The van der Waals surface area contributed by atoms with E-state index in [1.165, 1.54) is 24.0 Å². The van der Waals surface area contributed by atoms with Crippen molar-refractivity contribution >= 4 is 17.4 Å². The number of nitrogens with one attached hydrogen (secondary N) is 1. The van der Waals surface area contributed by atoms with Gasteiger partial charge in [0.25, 0.3) is 5.69 Å². The molecule has 0 spiro atoms. The van der Waals surface area contributed by atoms with Crippen molar-refractivity contribution in [2.75, 3.05) is 5.32 Å². The zero-order valence-electron chi connectivity index (χ0n) is 12.0. The van der Waals surface area contributed by atoms with Crippen LogP contribution in [0.5, 0.6) is 0 Å². The van der Waals surface area contributed by atoms with Crippen molar-refractivity contribution in [1.82, 2.24) is 14.8 Å². The number of carbonyl (C=O) groups excluding carboxylic acids is 1. The number of carbonyl (C=O) groups is 1. The molecule has 0 unspecified atom stereocenters. The number of nitro groups is 1. The summed E-state index contributed by atoms with van der Waals surface area (Å²) >= 11 is 0. The summed E-state index contributed by atoms with van der Waals surface area (Å²) in [5, 5.41) is 18.4. The van der Waals surface area contributed by atoms with Gasteiger partial charge < -0.3 is 5.32 Å². The van der Waals surface area contributed by atoms with Crippen molar-refractivity contribution in [2.45, 2.75) is 19.9 Å². The van der Waals surface area contributed by atoms with Crippen LogP contribution in [0, 0.1) is 10.1 Å². The van der Waals surface area contributed by atoms with Gasteiger partial charge in [0.1, 0.15) is 12.4 Å². The van der Waals surface area contributed by atoms with Gasteiger partial charge in [-0.3, -0.25) is 14.9 Å². The molecular weight excluding hydrogens is 286 g/mol. The lowest BCUT2D eigenvalue weighted by Gasteiger charge is -2.27. The van der Waals surface area contributed by atoms with Crippen molar-refractivity contribution in [2.24, 2.45) is 0 Å². The fourth-order valence-electron chi connectivity index (χ4n) is 2.72. The van der Waals surface area contributed by atoms with Crippen molar-refractivity contribution in [1.29, 1.82) is 0 Å². The van der Waals surface area contributed by atoms with Crippen LogP contribution in [0.3, 0.4) is 0 Å². The first-order chi connectivity index (χ1) is 10.5. The number of para-hydroxylation sites is 1. The van der Waals surface area contributed by atoms with Gasteiger partial charge in [0.2, 0.25) is 5.95 Å². The maximum atomic E-state index is 12.1. The van der Waals surface area contributed by atoms with E-state index in [1.807, 2.05) is 0 Å². The number of aromatic nitrogens is 3. The lowest BCUT2D eigenvalue weighted by Crippen LogP contribution is -2.28. The number of ketones is 1. The number of Topliss-reactive ketones (excluding diaryl/α,β-unsaturated/α-hetero) is 1. The summed E-state index contributed by atoms with van der Waals surface area (Å²) in [6.45, 7) is 3.18. The van der Waals surface area contributed by atoms with Crippen molar-refractivity contribution < 1.29 is 9.72 Å². The van der Waals surface area contributed by atoms with Gasteiger partial charge in [0.05, 0.1) is 10.5 Å². The van der Waals surface area contributed by atoms with Crippen LogP contribution in [0.1, 0.15) is 25.5 Å². The number of allylic oxidation sites excluding steroid dienone is 2. The molecule has 0 bridgehead atoms. The summed E-state index contributed by atoms with van der Waals surface area (Å²) < 4.78 is 1.49. The number of nitrogens with zero attached hydrogens (tertiary/aromatic N) is 4. The zero-order chi connectivity index (χ0) is 15.9. The second-order valence-electron chi connectivity index (χ2n) is 4.97. The van der Waals surface area contributed by atoms with Crippen LogP contribution in [0.2, 0.25) is 0 Å². The highest BCUT2D eigenvalue weighted by molar-refractivity contribution is 5.96. The van der Waals surface area contributed by atoms with Crippen LogP contribution in [0.4, 0.5) is 11.6 Å². The number of benzene rings is 1. The maximum Gasteiger partial charge on any atom is 0.275 e. The minimum Gasteiger partial charge on any atom is -0.328 e. The van der Waals surface area contributed by atoms with Gasteiger partial charge in [-0.05, 0) is 19.9 Å². The summed E-state index contributed by atoms with van der Waals surface area (Å²) in [4.78, 5) is 27.0. The molecule has 2 aromatic rings. The van der Waals surface area contributed by atoms with Crippen molar-refractivity contribution in [3.8, 4) is 0 Å². The lowest BCUT2D eigenvalue weighted by atomic mass is 9.92. The Kier molecular flexibility index (Phi) is 3.21. The first-order valence-corrected chi connectivity index (χ1v) is 6.62. The number of hydrogen-bond donors (Lipinski definition) is 1. The van der Waals surface area contributed by atoms with Gasteiger partial charge in [0.15, 0.2) is 5.78 Å². The average molecular weight is 299 g/mol. The molecule has 1 N–H and O–H groups in total. The molecule has 1 atom stereocenters. The van der Waals surface area contributed by atoms with E-state index < -0.39 is 11.0 Å². The Labute approximate surface area is 125 Å². The molecule has 0 saturated carbocycles. The van der Waals surface area contributed by atoms with E-state index in [0.717, 1.165) is 0 Å². The van der Waals surface area contributed by atoms with Gasteiger partial charge in [0, 0.05) is 17.3 Å². The Hall–Kier alpha value is -3.03. The SMILES string of the molecule is CC(=O)C1=C(C)Nc2ncnn2[C@H]1c1ccccc1[N+](=O)[O-]. The standard InChI is InChI=1S/C14H13N5O3/c1-8-12(9(2)20)13(18-14(17-8)15-7-16-18)10-5-3-4-6-11(10)19(21)22/h3-7,13H,1-2H3,(H,15,16,17)/t13-/m0/s1. The van der Waals surface area contributed by atoms with E-state index in [-0.39, 0.29) is 11.5 Å². The molecule has 1 aliphatic rings. The molecule has 0 amide bonds. The minimum absolute atomic E-state index is 0.0533. The van der Waals surface area contributed by atoms with E-state index >= 15 is 0 Å². The summed E-state index contributed by atoms with van der Waals surface area (Å²) in [6, 6.07) is 5.68. The second kappa shape index (κ2) is 5.06. The molecule has 1 aromatic carbocycles. The molecule has 8 nitrogen and oxygen atoms in total. The van der Waals surface area contributed by atoms with Gasteiger partial charge in [-0.1, -0.05) is 12.1 Å². The largest absolute Gasteiger partial charge is 0.328 e. The molecule has 0 aliphatic carbocycles. The molecule has 0 saturated heterocycles. The van der Waals surface area contributed by atoms with Crippen molar-refractivity contribution in [3.05, 3.63) is 57.5 Å². The molecule has 0 fully saturated rings. The van der Waals surface area contributed by atoms with E-state index in [4.69, 9.17) is 0 Å². The molecule has 22 heavy (non-hydrogen) atoms. The molecule has 0 radical (unpaired) electrons. The van der Waals surface area contributed by atoms with E-state index in [9.17, 15) is 14.9 Å². The smallest absolute Gasteiger partial charge is 0.275 e. The number of nitro benzene ring substituents is 1. The third-order valence-corrected chi connectivity index (χ3v) is 3.60. The summed E-state index contributed by atoms with van der Waals surface area (Å²) in [6.07, 6.45) is 1.35. The fourth-order valence-corrected chi connectivity index (χ4v) is 2.72. The Morgan fingerprint density at radius 2 is 2.14 bits per heavy atom. The average Bonchev–Trinajstić information content (AvgIpc) is 2.93. The van der Waals surface area contributed by atoms with Gasteiger partial charge >= 0.3 is 0 Å². The third-order valence-electron chi connectivity index (χ3n) is 3.60. The normalized spacial score (nSPS) is 16.9. The highest BCUT2D eigenvalue weighted by atomic mass is 16.6. The third kappa shape index (κ3) is 2.05. The highest BCUT2D eigenvalue weighted by Gasteiger charge is 2.35. The predicted molar refractivity (Wildman–Crippen MR) is 78.3 cm³/mol. The molecular formula is C14H13N5O3. The Morgan fingerprint density at radius 1 is 1.41 bits per heavy atom. The number of anilines is 1. The Morgan fingerprint density at radius 3 is 2.82 bits per heavy atom. The van der Waals surface area contributed by atoms with E-state index in [2.05, 4.69) is 15.4 Å². The first kappa shape index (κ1) is 13.9. The van der Waals surface area contributed by atoms with E-state index in [0.29, 0.717) is 22.8 Å². The molecule has 2 heterocycles. The fraction of sp³-hybridized carbons (Fsp3) is 0.214. The molecule has 112 valence electrons. The van der Waals surface area contributed by atoms with Gasteiger partial charge in [-0.25, -0.2) is 4.68 Å². The number of fused-ring (bicyclic) bond motifs is 1. The van der Waals surface area contributed by atoms with Gasteiger partial charge in [-0.2, -0.15) is 10.1 Å². The quantitative estimate of drug-likeness (QED) is 0.687. The van der Waals surface area contributed by atoms with Gasteiger partial charge in [-0.15, -0.1) is 0 Å². The first-order valence-electron chi connectivity index (χ1n) is 6.62. The number of hydrogen-bond acceptors (Lipinski definition) is 6. The predicted octanol–water partition coefficient (Wildman–Crippen LogP) is 2.06. The van der Waals surface area contributed by atoms with E-state index in [1.54, 1.807) is 25.1 Å². The monoisotopic (exact) mass is 299 g/mol. The topological polar surface area (TPSA) is 103 Å². The maximum absolute atomic E-state index is 12.1. The summed E-state index contributed by atoms with van der Waals surface area (Å²) in [7, 11) is 0. The Balaban J connectivity index is 2.28. The molecule has 1 aromatic heterocycles. The van der Waals surface area contributed by atoms with Crippen LogP contribution in [0.15, 0.2) is 41.9 Å². The number of rotatable bonds is 3. The summed E-state index contributed by atoms with van der Waals surface area (Å²) in [5.74, 6) is 0.278. The van der Waals surface area contributed by atoms with Crippen molar-refractivity contribution in [3.63, 3.8) is 0 Å². The Bertz CT molecular complexity index is 808. The molecule has 3 rings (SSSR count). The van der Waals surface area contributed by atoms with Crippen LogP contribution in [-0.2, 0) is 4.79 Å². The van der Waals surface area contributed by atoms with Crippen LogP contribution < -0.4 is 5.32 Å². The molecule has 1 aliphatic heterocycles. The summed E-state index contributed by atoms with van der Waals surface area (Å²) in [5.41, 5.74) is 1.41. The van der Waals surface area contributed by atoms with Crippen LogP contribution in [0.25, 0.3) is 0 Å². The molecule has 8 heteroatoms. The highest BCUT2D eigenvalue weighted by Crippen LogP contribution is 2.38. The zero-order valence-corrected chi connectivity index (χ0v) is 12.0.